The topological polar surface area (TPSA) is 69.6 Å². The number of phenols is 1. The Bertz CT molecular complexity index is 1060. The van der Waals surface area contributed by atoms with Crippen molar-refractivity contribution in [3.63, 3.8) is 0 Å². The SMILES string of the molecule is Cc1ccc(NC(=O)C2CCN(CC(=O)c3ccc(O)cc3)c3ccccc32)cc1. The molecule has 0 saturated carbocycles. The number of anilines is 2. The molecule has 0 bridgehead atoms. The molecule has 0 spiro atoms. The lowest BCUT2D eigenvalue weighted by atomic mass is 9.88. The summed E-state index contributed by atoms with van der Waals surface area (Å²) in [4.78, 5) is 27.7. The fraction of sp³-hybridized carbons (Fsp3) is 0.200. The highest BCUT2D eigenvalue weighted by Crippen LogP contribution is 2.36. The predicted molar refractivity (Wildman–Crippen MR) is 118 cm³/mol. The van der Waals surface area contributed by atoms with Crippen molar-refractivity contribution in [3.05, 3.63) is 89.5 Å². The van der Waals surface area contributed by atoms with E-state index in [1.807, 2.05) is 60.4 Å². The van der Waals surface area contributed by atoms with Gasteiger partial charge < -0.3 is 15.3 Å². The van der Waals surface area contributed by atoms with E-state index in [4.69, 9.17) is 0 Å². The van der Waals surface area contributed by atoms with Crippen LogP contribution in [0.15, 0.2) is 72.8 Å². The first-order chi connectivity index (χ1) is 14.5. The van der Waals surface area contributed by atoms with Crippen molar-refractivity contribution in [3.8, 4) is 5.75 Å². The molecule has 1 unspecified atom stereocenters. The highest BCUT2D eigenvalue weighted by Gasteiger charge is 2.30. The molecule has 0 radical (unpaired) electrons. The normalized spacial score (nSPS) is 15.4. The van der Waals surface area contributed by atoms with Crippen LogP contribution in [0.3, 0.4) is 0 Å². The number of nitrogens with zero attached hydrogens (tertiary/aromatic N) is 1. The van der Waals surface area contributed by atoms with E-state index in [-0.39, 0.29) is 29.9 Å². The lowest BCUT2D eigenvalue weighted by Crippen LogP contribution is -2.38. The molecule has 1 amide bonds. The van der Waals surface area contributed by atoms with Gasteiger partial charge in [-0.05, 0) is 61.4 Å². The Balaban J connectivity index is 1.52. The van der Waals surface area contributed by atoms with E-state index in [9.17, 15) is 14.7 Å². The van der Waals surface area contributed by atoms with Gasteiger partial charge in [-0.1, -0.05) is 35.9 Å². The average molecular weight is 400 g/mol. The Labute approximate surface area is 176 Å². The second-order valence-electron chi connectivity index (χ2n) is 7.65. The van der Waals surface area contributed by atoms with Gasteiger partial charge in [0, 0.05) is 23.5 Å². The number of rotatable bonds is 5. The van der Waals surface area contributed by atoms with Crippen LogP contribution in [0.5, 0.6) is 5.75 Å². The number of amides is 1. The first-order valence-corrected chi connectivity index (χ1v) is 10.0. The zero-order valence-corrected chi connectivity index (χ0v) is 16.8. The van der Waals surface area contributed by atoms with E-state index in [1.54, 1.807) is 12.1 Å². The minimum absolute atomic E-state index is 0.0210. The molecule has 3 aromatic rings. The predicted octanol–water partition coefficient (Wildman–Crippen LogP) is 4.52. The summed E-state index contributed by atoms with van der Waals surface area (Å²) in [5.41, 5.74) is 4.34. The van der Waals surface area contributed by atoms with Gasteiger partial charge in [-0.25, -0.2) is 0 Å². The number of phenolic OH excluding ortho intramolecular Hbond substituents is 1. The fourth-order valence-electron chi connectivity index (χ4n) is 3.85. The Morgan fingerprint density at radius 1 is 1.00 bits per heavy atom. The molecule has 1 aliphatic rings. The Morgan fingerprint density at radius 3 is 2.43 bits per heavy atom. The van der Waals surface area contributed by atoms with E-state index in [0.29, 0.717) is 18.5 Å². The minimum atomic E-state index is -0.262. The second-order valence-corrected chi connectivity index (χ2v) is 7.65. The zero-order chi connectivity index (χ0) is 21.1. The monoisotopic (exact) mass is 400 g/mol. The number of ketones is 1. The molecule has 0 aromatic heterocycles. The number of aromatic hydroxyl groups is 1. The van der Waals surface area contributed by atoms with E-state index in [2.05, 4.69) is 5.32 Å². The summed E-state index contributed by atoms with van der Waals surface area (Å²) in [6.45, 7) is 2.86. The Kier molecular flexibility index (Phi) is 5.53. The first-order valence-electron chi connectivity index (χ1n) is 10.0. The number of para-hydroxylation sites is 1. The first kappa shape index (κ1) is 19.7. The molecule has 152 valence electrons. The van der Waals surface area contributed by atoms with Gasteiger partial charge in [0.2, 0.25) is 5.91 Å². The number of Topliss-reactive ketones (excluding diaryl/α,β-unsaturated/α-hetero) is 1. The third-order valence-electron chi connectivity index (χ3n) is 5.50. The summed E-state index contributed by atoms with van der Waals surface area (Å²) >= 11 is 0. The molecule has 0 fully saturated rings. The quantitative estimate of drug-likeness (QED) is 0.618. The molecule has 5 nitrogen and oxygen atoms in total. The van der Waals surface area contributed by atoms with Crippen molar-refractivity contribution < 1.29 is 14.7 Å². The minimum Gasteiger partial charge on any atom is -0.508 e. The average Bonchev–Trinajstić information content (AvgIpc) is 2.76. The summed E-state index contributed by atoms with van der Waals surface area (Å²) in [6.07, 6.45) is 0.636. The maximum absolute atomic E-state index is 13.0. The summed E-state index contributed by atoms with van der Waals surface area (Å²) in [6, 6.07) is 21.8. The third-order valence-corrected chi connectivity index (χ3v) is 5.50. The largest absolute Gasteiger partial charge is 0.508 e. The van der Waals surface area contributed by atoms with Gasteiger partial charge in [-0.15, -0.1) is 0 Å². The summed E-state index contributed by atoms with van der Waals surface area (Å²) in [5.74, 6) is -0.178. The van der Waals surface area contributed by atoms with Gasteiger partial charge >= 0.3 is 0 Å². The van der Waals surface area contributed by atoms with Crippen molar-refractivity contribution in [1.82, 2.24) is 0 Å². The van der Waals surface area contributed by atoms with Crippen LogP contribution in [-0.4, -0.2) is 29.9 Å². The van der Waals surface area contributed by atoms with Crippen molar-refractivity contribution in [1.29, 1.82) is 0 Å². The van der Waals surface area contributed by atoms with Crippen molar-refractivity contribution in [2.75, 3.05) is 23.3 Å². The van der Waals surface area contributed by atoms with Crippen LogP contribution in [0, 0.1) is 6.92 Å². The summed E-state index contributed by atoms with van der Waals surface area (Å²) in [5, 5.41) is 12.4. The molecule has 1 atom stereocenters. The maximum Gasteiger partial charge on any atom is 0.232 e. The van der Waals surface area contributed by atoms with Crippen LogP contribution in [0.4, 0.5) is 11.4 Å². The highest BCUT2D eigenvalue weighted by molar-refractivity contribution is 6.00. The lowest BCUT2D eigenvalue weighted by Gasteiger charge is -2.34. The molecule has 0 saturated heterocycles. The van der Waals surface area contributed by atoms with Gasteiger partial charge in [0.15, 0.2) is 5.78 Å². The summed E-state index contributed by atoms with van der Waals surface area (Å²) in [7, 11) is 0. The van der Waals surface area contributed by atoms with Crippen molar-refractivity contribution in [2.45, 2.75) is 19.3 Å². The van der Waals surface area contributed by atoms with Crippen LogP contribution in [0.1, 0.15) is 33.8 Å². The van der Waals surface area contributed by atoms with Crippen molar-refractivity contribution >= 4 is 23.1 Å². The number of fused-ring (bicyclic) bond motifs is 1. The number of nitrogens with one attached hydrogen (secondary N) is 1. The molecule has 3 aromatic carbocycles. The van der Waals surface area contributed by atoms with E-state index in [1.165, 1.54) is 12.1 Å². The number of aryl methyl sites for hydroxylation is 1. The number of benzene rings is 3. The molecule has 5 heteroatoms. The third kappa shape index (κ3) is 4.20. The second kappa shape index (κ2) is 8.41. The molecule has 0 aliphatic carbocycles. The standard InChI is InChI=1S/C25H24N2O3/c1-17-6-10-19(11-7-17)26-25(30)22-14-15-27(23-5-3-2-4-21(22)23)16-24(29)18-8-12-20(28)13-9-18/h2-13,22,28H,14-16H2,1H3,(H,26,30). The van der Waals surface area contributed by atoms with E-state index >= 15 is 0 Å². The maximum atomic E-state index is 13.0. The molecule has 2 N–H and O–H groups in total. The van der Waals surface area contributed by atoms with Crippen molar-refractivity contribution in [2.24, 2.45) is 0 Å². The van der Waals surface area contributed by atoms with Crippen LogP contribution in [0.2, 0.25) is 0 Å². The summed E-state index contributed by atoms with van der Waals surface area (Å²) < 4.78 is 0. The number of hydrogen-bond donors (Lipinski definition) is 2. The zero-order valence-electron chi connectivity index (χ0n) is 16.8. The number of carbonyl (C=O) groups is 2. The number of carbonyl (C=O) groups excluding carboxylic acids is 2. The van der Waals surface area contributed by atoms with Crippen LogP contribution in [-0.2, 0) is 4.79 Å². The fourth-order valence-corrected chi connectivity index (χ4v) is 3.85. The van der Waals surface area contributed by atoms with Gasteiger partial charge in [0.05, 0.1) is 12.5 Å². The Hall–Kier alpha value is -3.60. The van der Waals surface area contributed by atoms with E-state index in [0.717, 1.165) is 22.5 Å². The smallest absolute Gasteiger partial charge is 0.232 e. The number of hydrogen-bond acceptors (Lipinski definition) is 4. The molecular formula is C25H24N2O3. The van der Waals surface area contributed by atoms with Crippen LogP contribution < -0.4 is 10.2 Å². The molecule has 4 rings (SSSR count). The molecule has 1 heterocycles. The van der Waals surface area contributed by atoms with Gasteiger partial charge in [-0.3, -0.25) is 9.59 Å². The lowest BCUT2D eigenvalue weighted by molar-refractivity contribution is -0.117. The van der Waals surface area contributed by atoms with Gasteiger partial charge in [-0.2, -0.15) is 0 Å². The van der Waals surface area contributed by atoms with Gasteiger partial charge in [0.25, 0.3) is 0 Å². The van der Waals surface area contributed by atoms with Crippen LogP contribution >= 0.6 is 0 Å². The van der Waals surface area contributed by atoms with E-state index < -0.39 is 0 Å². The Morgan fingerprint density at radius 2 is 1.70 bits per heavy atom. The highest BCUT2D eigenvalue weighted by atomic mass is 16.3. The van der Waals surface area contributed by atoms with Crippen LogP contribution in [0.25, 0.3) is 0 Å². The molecule has 1 aliphatic heterocycles. The molecular weight excluding hydrogens is 376 g/mol. The molecule has 30 heavy (non-hydrogen) atoms. The van der Waals surface area contributed by atoms with Gasteiger partial charge in [0.1, 0.15) is 5.75 Å².